The Morgan fingerprint density at radius 1 is 0.593 bits per heavy atom. The van der Waals surface area contributed by atoms with Gasteiger partial charge in [-0.25, -0.2) is 0 Å². The van der Waals surface area contributed by atoms with Crippen LogP contribution in [0, 0.1) is 0 Å². The molecule has 0 unspecified atom stereocenters. The third-order valence-corrected chi connectivity index (χ3v) is 4.09. The fourth-order valence-corrected chi connectivity index (χ4v) is 2.52. The van der Waals surface area contributed by atoms with Crippen molar-refractivity contribution in [2.24, 2.45) is 0 Å². The average Bonchev–Trinajstić information content (AvgIpc) is 2.75. The molecule has 2 aromatic rings. The zero-order valence-corrected chi connectivity index (χ0v) is 16.8. The lowest BCUT2D eigenvalue weighted by atomic mass is 10.1. The molecule has 2 aromatic carbocycles. The molecular weight excluding hydrogens is 340 g/mol. The number of benzene rings is 2. The summed E-state index contributed by atoms with van der Waals surface area (Å²) in [6.07, 6.45) is 4.91. The molecule has 0 saturated heterocycles. The SMILES string of the molecule is CCCC.CCCc1ccc2c(c1)OCCO2.c1ccc2c(c1)OCCO2. The van der Waals surface area contributed by atoms with E-state index < -0.39 is 0 Å². The highest BCUT2D eigenvalue weighted by Gasteiger charge is 2.11. The Balaban J connectivity index is 0.000000166. The second-order valence-electron chi connectivity index (χ2n) is 6.37. The maximum atomic E-state index is 5.49. The summed E-state index contributed by atoms with van der Waals surface area (Å²) in [7, 11) is 0. The Labute approximate surface area is 163 Å². The topological polar surface area (TPSA) is 36.9 Å². The molecule has 148 valence electrons. The minimum absolute atomic E-state index is 0.664. The van der Waals surface area contributed by atoms with Crippen LogP contribution in [-0.4, -0.2) is 26.4 Å². The van der Waals surface area contributed by atoms with Crippen molar-refractivity contribution in [2.45, 2.75) is 46.5 Å². The zero-order valence-electron chi connectivity index (χ0n) is 16.8. The van der Waals surface area contributed by atoms with Crippen molar-refractivity contribution in [3.05, 3.63) is 48.0 Å². The van der Waals surface area contributed by atoms with Gasteiger partial charge in [-0.2, -0.15) is 0 Å². The highest BCUT2D eigenvalue weighted by Crippen LogP contribution is 2.31. The molecule has 0 aromatic heterocycles. The first-order chi connectivity index (χ1) is 13.3. The molecule has 4 nitrogen and oxygen atoms in total. The fourth-order valence-electron chi connectivity index (χ4n) is 2.52. The molecule has 0 N–H and O–H groups in total. The molecule has 0 bridgehead atoms. The molecule has 4 heteroatoms. The average molecular weight is 373 g/mol. The van der Waals surface area contributed by atoms with Gasteiger partial charge in [-0.3, -0.25) is 0 Å². The minimum atomic E-state index is 0.664. The van der Waals surface area contributed by atoms with E-state index in [-0.39, 0.29) is 0 Å². The second kappa shape index (κ2) is 12.1. The van der Waals surface area contributed by atoms with Gasteiger partial charge in [0.15, 0.2) is 23.0 Å². The van der Waals surface area contributed by atoms with E-state index in [1.54, 1.807) is 0 Å². The largest absolute Gasteiger partial charge is 0.486 e. The molecule has 0 atom stereocenters. The highest BCUT2D eigenvalue weighted by molar-refractivity contribution is 5.43. The first-order valence-corrected chi connectivity index (χ1v) is 10.0. The van der Waals surface area contributed by atoms with Crippen LogP contribution in [0.2, 0.25) is 0 Å². The van der Waals surface area contributed by atoms with Crippen LogP contribution in [0.25, 0.3) is 0 Å². The Kier molecular flexibility index (Phi) is 9.39. The second-order valence-corrected chi connectivity index (χ2v) is 6.37. The van der Waals surface area contributed by atoms with Crippen molar-refractivity contribution >= 4 is 0 Å². The monoisotopic (exact) mass is 372 g/mol. The normalized spacial score (nSPS) is 13.4. The molecule has 2 aliphatic rings. The predicted octanol–water partition coefficient (Wildman–Crippen LogP) is 5.67. The van der Waals surface area contributed by atoms with E-state index >= 15 is 0 Å². The lowest BCUT2D eigenvalue weighted by molar-refractivity contribution is 0.171. The molecular formula is C23H32O4. The van der Waals surface area contributed by atoms with Gasteiger partial charge in [-0.1, -0.05) is 58.2 Å². The van der Waals surface area contributed by atoms with Crippen LogP contribution in [0.15, 0.2) is 42.5 Å². The van der Waals surface area contributed by atoms with Crippen LogP contribution in [0.1, 0.15) is 45.6 Å². The van der Waals surface area contributed by atoms with Crippen molar-refractivity contribution in [3.8, 4) is 23.0 Å². The van der Waals surface area contributed by atoms with Crippen LogP contribution in [0.4, 0.5) is 0 Å². The van der Waals surface area contributed by atoms with E-state index in [2.05, 4.69) is 32.9 Å². The molecule has 0 amide bonds. The number of ether oxygens (including phenoxy) is 4. The van der Waals surface area contributed by atoms with Gasteiger partial charge in [0.25, 0.3) is 0 Å². The minimum Gasteiger partial charge on any atom is -0.486 e. The fraction of sp³-hybridized carbons (Fsp3) is 0.478. The molecule has 2 heterocycles. The van der Waals surface area contributed by atoms with Crippen molar-refractivity contribution in [2.75, 3.05) is 26.4 Å². The lowest BCUT2D eigenvalue weighted by Gasteiger charge is -2.18. The Bertz CT molecular complexity index is 642. The van der Waals surface area contributed by atoms with Crippen molar-refractivity contribution in [1.82, 2.24) is 0 Å². The standard InChI is InChI=1S/C11H14O2.C8H8O2.C4H10/c1-2-3-9-4-5-10-11(8-9)13-7-6-12-10;1-2-4-8-7(3-1)9-5-6-10-8;1-3-4-2/h4-5,8H,2-3,6-7H2,1H3;1-4H,5-6H2;3-4H2,1-2H3. The number of unbranched alkanes of at least 4 members (excludes halogenated alkanes) is 1. The first kappa shape index (κ1) is 20.9. The smallest absolute Gasteiger partial charge is 0.161 e. The molecule has 0 saturated carbocycles. The van der Waals surface area contributed by atoms with Crippen LogP contribution in [-0.2, 0) is 6.42 Å². The zero-order chi connectivity index (χ0) is 19.3. The quantitative estimate of drug-likeness (QED) is 0.695. The van der Waals surface area contributed by atoms with E-state index in [0.717, 1.165) is 29.4 Å². The molecule has 4 rings (SSSR count). The van der Waals surface area contributed by atoms with E-state index in [1.807, 2.05) is 30.3 Å². The predicted molar refractivity (Wildman–Crippen MR) is 109 cm³/mol. The third kappa shape index (κ3) is 7.05. The maximum absolute atomic E-state index is 5.49. The Hall–Kier alpha value is -2.36. The Morgan fingerprint density at radius 2 is 1.07 bits per heavy atom. The molecule has 0 radical (unpaired) electrons. The van der Waals surface area contributed by atoms with Gasteiger partial charge in [-0.15, -0.1) is 0 Å². The summed E-state index contributed by atoms with van der Waals surface area (Å²) in [6.45, 7) is 9.20. The van der Waals surface area contributed by atoms with E-state index in [1.165, 1.54) is 24.8 Å². The molecule has 0 aliphatic carbocycles. The van der Waals surface area contributed by atoms with Gasteiger partial charge < -0.3 is 18.9 Å². The third-order valence-electron chi connectivity index (χ3n) is 4.09. The summed E-state index contributed by atoms with van der Waals surface area (Å²) >= 11 is 0. The molecule has 27 heavy (non-hydrogen) atoms. The summed E-state index contributed by atoms with van der Waals surface area (Å²) in [5, 5.41) is 0. The van der Waals surface area contributed by atoms with Gasteiger partial charge in [-0.05, 0) is 36.2 Å². The van der Waals surface area contributed by atoms with Crippen LogP contribution >= 0.6 is 0 Å². The van der Waals surface area contributed by atoms with Crippen molar-refractivity contribution in [3.63, 3.8) is 0 Å². The maximum Gasteiger partial charge on any atom is 0.161 e. The number of hydrogen-bond acceptors (Lipinski definition) is 4. The van der Waals surface area contributed by atoms with Crippen LogP contribution < -0.4 is 18.9 Å². The first-order valence-electron chi connectivity index (χ1n) is 10.0. The van der Waals surface area contributed by atoms with Gasteiger partial charge >= 0.3 is 0 Å². The van der Waals surface area contributed by atoms with Gasteiger partial charge in [0, 0.05) is 0 Å². The van der Waals surface area contributed by atoms with E-state index in [0.29, 0.717) is 26.4 Å². The van der Waals surface area contributed by atoms with Gasteiger partial charge in [0.1, 0.15) is 26.4 Å². The number of fused-ring (bicyclic) bond motifs is 2. The summed E-state index contributed by atoms with van der Waals surface area (Å²) in [5.41, 5.74) is 1.33. The van der Waals surface area contributed by atoms with E-state index in [9.17, 15) is 0 Å². The van der Waals surface area contributed by atoms with Crippen molar-refractivity contribution < 1.29 is 18.9 Å². The molecule has 0 fully saturated rings. The van der Waals surface area contributed by atoms with Crippen LogP contribution in [0.3, 0.4) is 0 Å². The summed E-state index contributed by atoms with van der Waals surface area (Å²) in [4.78, 5) is 0. The van der Waals surface area contributed by atoms with Crippen LogP contribution in [0.5, 0.6) is 23.0 Å². The summed E-state index contributed by atoms with van der Waals surface area (Å²) < 4.78 is 21.5. The molecule has 2 aliphatic heterocycles. The van der Waals surface area contributed by atoms with Gasteiger partial charge in [0.2, 0.25) is 0 Å². The summed E-state index contributed by atoms with van der Waals surface area (Å²) in [6, 6.07) is 13.9. The highest BCUT2D eigenvalue weighted by atomic mass is 16.6. The summed E-state index contributed by atoms with van der Waals surface area (Å²) in [5.74, 6) is 3.49. The number of para-hydroxylation sites is 2. The number of aryl methyl sites for hydroxylation is 1. The number of hydrogen-bond donors (Lipinski definition) is 0. The van der Waals surface area contributed by atoms with E-state index in [4.69, 9.17) is 18.9 Å². The number of rotatable bonds is 3. The van der Waals surface area contributed by atoms with Crippen molar-refractivity contribution in [1.29, 1.82) is 0 Å². The molecule has 0 spiro atoms. The Morgan fingerprint density at radius 3 is 1.56 bits per heavy atom. The van der Waals surface area contributed by atoms with Gasteiger partial charge in [0.05, 0.1) is 0 Å². The lowest BCUT2D eigenvalue weighted by Crippen LogP contribution is -2.15.